The van der Waals surface area contributed by atoms with E-state index in [0.29, 0.717) is 22.0 Å². The van der Waals surface area contributed by atoms with E-state index in [1.165, 1.54) is 22.1 Å². The van der Waals surface area contributed by atoms with E-state index in [4.69, 9.17) is 0 Å². The van der Waals surface area contributed by atoms with Crippen LogP contribution < -0.4 is 5.32 Å². The van der Waals surface area contributed by atoms with Gasteiger partial charge in [0.05, 0.1) is 10.4 Å². The summed E-state index contributed by atoms with van der Waals surface area (Å²) < 4.78 is 16.3. The van der Waals surface area contributed by atoms with Crippen LogP contribution in [0.1, 0.15) is 16.1 Å². The van der Waals surface area contributed by atoms with E-state index in [1.54, 1.807) is 24.3 Å². The van der Waals surface area contributed by atoms with E-state index in [-0.39, 0.29) is 11.7 Å². The maximum Gasteiger partial charge on any atom is 0.256 e. The number of carbonyl (C=O) groups is 1. The number of fused-ring (bicyclic) bond motifs is 1. The fourth-order valence-corrected chi connectivity index (χ4v) is 4.31. The minimum Gasteiger partial charge on any atom is -0.306 e. The summed E-state index contributed by atoms with van der Waals surface area (Å²) in [5.74, 6) is -0.157. The van der Waals surface area contributed by atoms with Crippen molar-refractivity contribution in [3.05, 3.63) is 95.9 Å². The molecule has 0 aliphatic heterocycles. The van der Waals surface area contributed by atoms with E-state index in [0.717, 1.165) is 21.5 Å². The van der Waals surface area contributed by atoms with Gasteiger partial charge in [-0.1, -0.05) is 59.9 Å². The van der Waals surface area contributed by atoms with Crippen molar-refractivity contribution in [1.82, 2.24) is 14.8 Å². The first kappa shape index (κ1) is 19.1. The second-order valence-corrected chi connectivity index (χ2v) is 8.07. The average molecular weight is 428 g/mol. The number of amides is 1. The minimum atomic E-state index is -0.382. The van der Waals surface area contributed by atoms with Gasteiger partial charge in [-0.3, -0.25) is 4.79 Å². The molecule has 0 atom stereocenters. The molecule has 0 fully saturated rings. The van der Waals surface area contributed by atoms with Crippen molar-refractivity contribution >= 4 is 33.3 Å². The molecule has 0 unspecified atom stereocenters. The van der Waals surface area contributed by atoms with Gasteiger partial charge < -0.3 is 5.32 Å². The third-order valence-corrected chi connectivity index (χ3v) is 5.86. The minimum absolute atomic E-state index is 0.256. The molecule has 7 heteroatoms. The number of para-hydroxylation sites is 1. The number of carbonyl (C=O) groups excluding carboxylic acids is 1. The van der Waals surface area contributed by atoms with E-state index >= 15 is 0 Å². The van der Waals surface area contributed by atoms with Gasteiger partial charge in [-0.25, -0.2) is 9.37 Å². The number of nitrogens with zero attached hydrogens (tertiary/aromatic N) is 3. The van der Waals surface area contributed by atoms with E-state index < -0.39 is 0 Å². The normalized spacial score (nSPS) is 11.0. The van der Waals surface area contributed by atoms with Gasteiger partial charge in [0.25, 0.3) is 5.91 Å². The first-order chi connectivity index (χ1) is 15.1. The van der Waals surface area contributed by atoms with Crippen LogP contribution in [0, 0.1) is 12.7 Å². The van der Waals surface area contributed by atoms with Gasteiger partial charge in [0.2, 0.25) is 5.13 Å². The molecule has 0 aliphatic carbocycles. The topological polar surface area (TPSA) is 59.8 Å². The van der Waals surface area contributed by atoms with Crippen LogP contribution in [-0.2, 0) is 0 Å². The maximum atomic E-state index is 14.1. The van der Waals surface area contributed by atoms with Crippen molar-refractivity contribution in [2.45, 2.75) is 6.92 Å². The van der Waals surface area contributed by atoms with Crippen LogP contribution in [-0.4, -0.2) is 20.7 Å². The molecular formula is C24H17FN4OS. The smallest absolute Gasteiger partial charge is 0.256 e. The van der Waals surface area contributed by atoms with Gasteiger partial charge in [0.1, 0.15) is 17.2 Å². The highest BCUT2D eigenvalue weighted by atomic mass is 32.1. The molecule has 1 N–H and O–H groups in total. The van der Waals surface area contributed by atoms with Crippen LogP contribution in [0.4, 0.5) is 10.2 Å². The summed E-state index contributed by atoms with van der Waals surface area (Å²) in [6.07, 6.45) is 0. The molecule has 5 nitrogen and oxygen atoms in total. The second-order valence-electron chi connectivity index (χ2n) is 7.06. The summed E-state index contributed by atoms with van der Waals surface area (Å²) in [6, 6.07) is 24.0. The van der Waals surface area contributed by atoms with Gasteiger partial charge in [0.15, 0.2) is 0 Å². The number of benzene rings is 3. The Kier molecular flexibility index (Phi) is 4.80. The van der Waals surface area contributed by atoms with Crippen molar-refractivity contribution in [3.8, 4) is 16.3 Å². The second kappa shape index (κ2) is 7.77. The zero-order chi connectivity index (χ0) is 21.4. The molecular weight excluding hydrogens is 411 g/mol. The van der Waals surface area contributed by atoms with E-state index in [9.17, 15) is 9.18 Å². The first-order valence-electron chi connectivity index (χ1n) is 9.67. The standard InChI is InChI=1S/C24H17FN4OS/c1-15-14-21(29(28-15)24-27-22-19(25)8-5-9-20(22)31-24)26-23(30)18-12-10-17(11-13-18)16-6-3-2-4-7-16/h2-14H,1H3,(H,26,30). The molecule has 3 aromatic carbocycles. The van der Waals surface area contributed by atoms with E-state index in [1.807, 2.05) is 55.5 Å². The van der Waals surface area contributed by atoms with Gasteiger partial charge in [0, 0.05) is 11.6 Å². The third-order valence-electron chi connectivity index (χ3n) is 4.87. The molecule has 1 amide bonds. The predicted molar refractivity (Wildman–Crippen MR) is 121 cm³/mol. The van der Waals surface area contributed by atoms with Crippen molar-refractivity contribution < 1.29 is 9.18 Å². The summed E-state index contributed by atoms with van der Waals surface area (Å²) in [6.45, 7) is 1.83. The number of hydrogen-bond acceptors (Lipinski definition) is 4. The number of rotatable bonds is 4. The third kappa shape index (κ3) is 3.71. The maximum absolute atomic E-state index is 14.1. The zero-order valence-electron chi connectivity index (χ0n) is 16.5. The molecule has 31 heavy (non-hydrogen) atoms. The molecule has 152 valence electrons. The lowest BCUT2D eigenvalue weighted by Crippen LogP contribution is -2.15. The lowest BCUT2D eigenvalue weighted by atomic mass is 10.0. The summed E-state index contributed by atoms with van der Waals surface area (Å²) in [5.41, 5.74) is 3.67. The Balaban J connectivity index is 1.42. The highest BCUT2D eigenvalue weighted by Gasteiger charge is 2.16. The van der Waals surface area contributed by atoms with Crippen molar-refractivity contribution in [2.24, 2.45) is 0 Å². The molecule has 2 aromatic heterocycles. The van der Waals surface area contributed by atoms with Crippen molar-refractivity contribution in [2.75, 3.05) is 5.32 Å². The molecule has 0 saturated heterocycles. The zero-order valence-corrected chi connectivity index (χ0v) is 17.4. The van der Waals surface area contributed by atoms with Gasteiger partial charge in [-0.05, 0) is 42.3 Å². The number of nitrogens with one attached hydrogen (secondary N) is 1. The number of thiazole rings is 1. The number of aromatic nitrogens is 3. The molecule has 0 radical (unpaired) electrons. The molecule has 0 bridgehead atoms. The Morgan fingerprint density at radius 3 is 2.45 bits per heavy atom. The number of aryl methyl sites for hydroxylation is 1. The highest BCUT2D eigenvalue weighted by molar-refractivity contribution is 7.20. The summed E-state index contributed by atoms with van der Waals surface area (Å²) in [7, 11) is 0. The van der Waals surface area contributed by atoms with Crippen molar-refractivity contribution in [1.29, 1.82) is 0 Å². The van der Waals surface area contributed by atoms with Gasteiger partial charge in [-0.15, -0.1) is 0 Å². The lowest BCUT2D eigenvalue weighted by molar-refractivity contribution is 0.102. The van der Waals surface area contributed by atoms with Crippen LogP contribution in [0.25, 0.3) is 26.5 Å². The Bertz CT molecular complexity index is 1390. The Labute approximate surface area is 181 Å². The Morgan fingerprint density at radius 1 is 0.968 bits per heavy atom. The largest absolute Gasteiger partial charge is 0.306 e. The fourth-order valence-electron chi connectivity index (χ4n) is 3.36. The molecule has 5 rings (SSSR count). The number of hydrogen-bond donors (Lipinski definition) is 1. The van der Waals surface area contributed by atoms with Crippen LogP contribution in [0.15, 0.2) is 78.9 Å². The van der Waals surface area contributed by atoms with E-state index in [2.05, 4.69) is 15.4 Å². The average Bonchev–Trinajstić information content (AvgIpc) is 3.38. The Hall–Kier alpha value is -3.84. The van der Waals surface area contributed by atoms with Gasteiger partial charge >= 0.3 is 0 Å². The van der Waals surface area contributed by atoms with Gasteiger partial charge in [-0.2, -0.15) is 9.78 Å². The molecule has 0 saturated carbocycles. The monoisotopic (exact) mass is 428 g/mol. The predicted octanol–water partition coefficient (Wildman–Crippen LogP) is 5.85. The first-order valence-corrected chi connectivity index (χ1v) is 10.5. The summed E-state index contributed by atoms with van der Waals surface area (Å²) >= 11 is 1.31. The van der Waals surface area contributed by atoms with Crippen LogP contribution in [0.3, 0.4) is 0 Å². The molecule has 0 aliphatic rings. The Morgan fingerprint density at radius 2 is 1.71 bits per heavy atom. The number of halogens is 1. The molecule has 2 heterocycles. The summed E-state index contributed by atoms with van der Waals surface area (Å²) in [4.78, 5) is 17.2. The highest BCUT2D eigenvalue weighted by Crippen LogP contribution is 2.29. The number of anilines is 1. The quantitative estimate of drug-likeness (QED) is 0.391. The molecule has 5 aromatic rings. The lowest BCUT2D eigenvalue weighted by Gasteiger charge is -2.07. The fraction of sp³-hybridized carbons (Fsp3) is 0.0417. The van der Waals surface area contributed by atoms with Crippen LogP contribution >= 0.6 is 11.3 Å². The van der Waals surface area contributed by atoms with Crippen LogP contribution in [0.5, 0.6) is 0 Å². The summed E-state index contributed by atoms with van der Waals surface area (Å²) in [5, 5.41) is 7.82. The molecule has 0 spiro atoms. The van der Waals surface area contributed by atoms with Crippen LogP contribution in [0.2, 0.25) is 0 Å². The van der Waals surface area contributed by atoms with Crippen molar-refractivity contribution in [3.63, 3.8) is 0 Å². The SMILES string of the molecule is Cc1cc(NC(=O)c2ccc(-c3ccccc3)cc2)n(-c2nc3c(F)cccc3s2)n1.